The van der Waals surface area contributed by atoms with Crippen molar-refractivity contribution in [1.29, 1.82) is 5.26 Å². The molecule has 1 aliphatic carbocycles. The van der Waals surface area contributed by atoms with Crippen LogP contribution in [0, 0.1) is 17.2 Å². The first-order chi connectivity index (χ1) is 17.6. The van der Waals surface area contributed by atoms with Crippen molar-refractivity contribution in [2.45, 2.75) is 71.1 Å². The lowest BCUT2D eigenvalue weighted by atomic mass is 9.82. The molecule has 0 spiro atoms. The number of nitriles is 1. The number of carboxylic acid groups (broad SMARTS) is 2. The summed E-state index contributed by atoms with van der Waals surface area (Å²) in [5, 5.41) is 28.0. The van der Waals surface area contributed by atoms with Crippen LogP contribution in [0.1, 0.15) is 71.3 Å². The molecule has 1 heterocycles. The average Bonchev–Trinajstić information content (AvgIpc) is 3.07. The molecule has 3 rings (SSSR count). The van der Waals surface area contributed by atoms with Crippen molar-refractivity contribution in [2.75, 3.05) is 11.4 Å². The lowest BCUT2D eigenvalue weighted by molar-refractivity contribution is -0.137. The Morgan fingerprint density at radius 2 is 1.89 bits per heavy atom. The zero-order valence-electron chi connectivity index (χ0n) is 21.8. The summed E-state index contributed by atoms with van der Waals surface area (Å²) in [6, 6.07) is 10.1. The molecule has 1 atom stereocenters. The van der Waals surface area contributed by atoms with Gasteiger partial charge in [0.15, 0.2) is 0 Å². The number of anilines is 1. The first-order valence-corrected chi connectivity index (χ1v) is 13.2. The van der Waals surface area contributed by atoms with E-state index in [9.17, 15) is 20.0 Å². The second-order valence-corrected chi connectivity index (χ2v) is 10.6. The molecule has 7 heteroatoms. The summed E-state index contributed by atoms with van der Waals surface area (Å²) in [7, 11) is 0. The van der Waals surface area contributed by atoms with Crippen LogP contribution in [-0.4, -0.2) is 28.7 Å². The third kappa shape index (κ3) is 6.53. The molecule has 2 N–H and O–H groups in total. The highest BCUT2D eigenvalue weighted by Crippen LogP contribution is 2.48. The number of unbranched alkanes of at least 4 members (excludes halogenated alkanes) is 2. The van der Waals surface area contributed by atoms with E-state index in [0.29, 0.717) is 29.4 Å². The van der Waals surface area contributed by atoms with Crippen LogP contribution >= 0.6 is 11.6 Å². The van der Waals surface area contributed by atoms with E-state index in [2.05, 4.69) is 43.9 Å². The van der Waals surface area contributed by atoms with Gasteiger partial charge in [0.25, 0.3) is 0 Å². The largest absolute Gasteiger partial charge is 0.481 e. The lowest BCUT2D eigenvalue weighted by Gasteiger charge is -2.28. The van der Waals surface area contributed by atoms with Gasteiger partial charge in [0.05, 0.1) is 0 Å². The van der Waals surface area contributed by atoms with Gasteiger partial charge in [-0.15, -0.1) is 0 Å². The fourth-order valence-electron chi connectivity index (χ4n) is 5.23. The summed E-state index contributed by atoms with van der Waals surface area (Å²) in [6.07, 6.45) is 10.5. The van der Waals surface area contributed by atoms with Crippen molar-refractivity contribution in [2.24, 2.45) is 5.92 Å². The van der Waals surface area contributed by atoms with Gasteiger partial charge in [0.1, 0.15) is 11.6 Å². The molecule has 1 aromatic rings. The van der Waals surface area contributed by atoms with E-state index in [0.717, 1.165) is 49.2 Å². The van der Waals surface area contributed by atoms with E-state index in [-0.39, 0.29) is 17.4 Å². The number of carbonyl (C=O) groups is 2. The SMILES string of the molecule is CCC1CC(/C=C(/C#N)C(=O)O)=C(Cl)C(=C\C=C2/N(CCCCCC(=O)O)c3ccccc3C2(C)C)/C1. The van der Waals surface area contributed by atoms with Crippen molar-refractivity contribution in [3.05, 3.63) is 75.5 Å². The molecule has 0 fully saturated rings. The average molecular weight is 523 g/mol. The minimum atomic E-state index is -1.25. The normalized spacial score (nSPS) is 21.3. The van der Waals surface area contributed by atoms with Gasteiger partial charge in [-0.1, -0.05) is 69.5 Å². The van der Waals surface area contributed by atoms with Crippen LogP contribution in [0.15, 0.2) is 69.9 Å². The highest BCUT2D eigenvalue weighted by molar-refractivity contribution is 6.32. The van der Waals surface area contributed by atoms with Crippen LogP contribution in [0.25, 0.3) is 0 Å². The van der Waals surface area contributed by atoms with Gasteiger partial charge in [0.2, 0.25) is 0 Å². The molecule has 0 saturated heterocycles. The van der Waals surface area contributed by atoms with Crippen molar-refractivity contribution in [1.82, 2.24) is 0 Å². The minimum absolute atomic E-state index is 0.187. The fraction of sp³-hybridized carbons (Fsp3) is 0.433. The number of halogens is 1. The Morgan fingerprint density at radius 3 is 2.54 bits per heavy atom. The number of allylic oxidation sites excluding steroid dienone is 7. The molecule has 0 radical (unpaired) electrons. The summed E-state index contributed by atoms with van der Waals surface area (Å²) in [4.78, 5) is 24.6. The molecule has 0 bridgehead atoms. The summed E-state index contributed by atoms with van der Waals surface area (Å²) < 4.78 is 0. The monoisotopic (exact) mass is 522 g/mol. The molecular weight excluding hydrogens is 488 g/mol. The predicted octanol–water partition coefficient (Wildman–Crippen LogP) is 7.09. The number of para-hydroxylation sites is 1. The molecule has 196 valence electrons. The maximum atomic E-state index is 11.4. The van der Waals surface area contributed by atoms with Gasteiger partial charge in [-0.25, -0.2) is 4.79 Å². The van der Waals surface area contributed by atoms with Crippen LogP contribution in [0.4, 0.5) is 5.69 Å². The fourth-order valence-corrected chi connectivity index (χ4v) is 5.50. The smallest absolute Gasteiger partial charge is 0.346 e. The number of carboxylic acids is 2. The van der Waals surface area contributed by atoms with Gasteiger partial charge in [-0.2, -0.15) is 5.26 Å². The molecule has 1 aromatic carbocycles. The zero-order chi connectivity index (χ0) is 27.2. The summed E-state index contributed by atoms with van der Waals surface area (Å²) in [5.41, 5.74) is 4.62. The van der Waals surface area contributed by atoms with Gasteiger partial charge < -0.3 is 15.1 Å². The standard InChI is InChI=1S/C30H35ClN2O4/c1-4-20-16-21(28(31)22(17-20)18-23(19-32)29(36)37)13-14-26-30(2,3)24-10-7-8-11-25(24)33(26)15-9-5-6-12-27(34)35/h7-8,10-11,13-14,18,20H,4-6,9,12,15-17H2,1-3H3,(H,34,35)(H,36,37)/b21-13-,23-18-,26-14-. The van der Waals surface area contributed by atoms with Gasteiger partial charge >= 0.3 is 11.9 Å². The number of rotatable bonds is 10. The van der Waals surface area contributed by atoms with Crippen LogP contribution in [0.3, 0.4) is 0 Å². The van der Waals surface area contributed by atoms with E-state index in [1.807, 2.05) is 18.2 Å². The molecule has 1 aliphatic heterocycles. The van der Waals surface area contributed by atoms with Gasteiger partial charge in [-0.05, 0) is 66.5 Å². The van der Waals surface area contributed by atoms with E-state index in [1.165, 1.54) is 11.6 Å². The van der Waals surface area contributed by atoms with Crippen molar-refractivity contribution < 1.29 is 19.8 Å². The first kappa shape index (κ1) is 28.3. The van der Waals surface area contributed by atoms with Crippen LogP contribution < -0.4 is 4.90 Å². The maximum Gasteiger partial charge on any atom is 0.346 e. The molecule has 6 nitrogen and oxygen atoms in total. The van der Waals surface area contributed by atoms with E-state index >= 15 is 0 Å². The van der Waals surface area contributed by atoms with Crippen molar-refractivity contribution >= 4 is 29.2 Å². The third-order valence-corrected chi connectivity index (χ3v) is 7.83. The van der Waals surface area contributed by atoms with Gasteiger partial charge in [-0.3, -0.25) is 4.79 Å². The highest BCUT2D eigenvalue weighted by atomic mass is 35.5. The Kier molecular flexibility index (Phi) is 9.39. The number of nitrogens with zero attached hydrogens (tertiary/aromatic N) is 2. The third-order valence-electron chi connectivity index (χ3n) is 7.34. The maximum absolute atomic E-state index is 11.4. The number of fused-ring (bicyclic) bond motifs is 1. The highest BCUT2D eigenvalue weighted by Gasteiger charge is 2.39. The van der Waals surface area contributed by atoms with Gasteiger partial charge in [0, 0.05) is 34.8 Å². The number of aliphatic carboxylic acids is 2. The van der Waals surface area contributed by atoms with Crippen molar-refractivity contribution in [3.8, 4) is 6.07 Å². The molecule has 0 aromatic heterocycles. The summed E-state index contributed by atoms with van der Waals surface area (Å²) >= 11 is 6.78. The molecule has 2 aliphatic rings. The molecule has 0 saturated carbocycles. The second-order valence-electron chi connectivity index (χ2n) is 10.2. The van der Waals surface area contributed by atoms with E-state index < -0.39 is 11.9 Å². The zero-order valence-corrected chi connectivity index (χ0v) is 22.5. The Bertz CT molecular complexity index is 1220. The number of benzene rings is 1. The van der Waals surface area contributed by atoms with Crippen LogP contribution in [0.2, 0.25) is 0 Å². The Hall–Kier alpha value is -3.30. The summed E-state index contributed by atoms with van der Waals surface area (Å²) in [5.74, 6) is -1.71. The predicted molar refractivity (Wildman–Crippen MR) is 146 cm³/mol. The molecular formula is C30H35ClN2O4. The Balaban J connectivity index is 1.98. The first-order valence-electron chi connectivity index (χ1n) is 12.8. The quantitative estimate of drug-likeness (QED) is 0.193. The second kappa shape index (κ2) is 12.3. The Labute approximate surface area is 224 Å². The number of hydrogen-bond acceptors (Lipinski definition) is 4. The number of hydrogen-bond donors (Lipinski definition) is 2. The van der Waals surface area contributed by atoms with E-state index in [1.54, 1.807) is 6.07 Å². The molecule has 1 unspecified atom stereocenters. The summed E-state index contributed by atoms with van der Waals surface area (Å²) in [6.45, 7) is 7.29. The van der Waals surface area contributed by atoms with E-state index in [4.69, 9.17) is 16.7 Å². The van der Waals surface area contributed by atoms with Crippen LogP contribution in [-0.2, 0) is 15.0 Å². The Morgan fingerprint density at radius 1 is 1.16 bits per heavy atom. The van der Waals surface area contributed by atoms with Crippen molar-refractivity contribution in [3.63, 3.8) is 0 Å². The lowest BCUT2D eigenvalue weighted by Crippen LogP contribution is -2.27. The topological polar surface area (TPSA) is 102 Å². The minimum Gasteiger partial charge on any atom is -0.481 e. The molecule has 37 heavy (non-hydrogen) atoms. The molecule has 0 amide bonds. The van der Waals surface area contributed by atoms with Crippen LogP contribution in [0.5, 0.6) is 0 Å².